The Balaban J connectivity index is 1.93. The molecule has 0 radical (unpaired) electrons. The lowest BCUT2D eigenvalue weighted by molar-refractivity contribution is -0.141. The Bertz CT molecular complexity index is 1390. The second kappa shape index (κ2) is 9.50. The Labute approximate surface area is 207 Å². The third-order valence-electron chi connectivity index (χ3n) is 5.42. The Hall–Kier alpha value is -3.11. The van der Waals surface area contributed by atoms with Gasteiger partial charge in [0.25, 0.3) is 0 Å². The third-order valence-corrected chi connectivity index (χ3v) is 5.95. The molecule has 0 aliphatic carbocycles. The van der Waals surface area contributed by atoms with E-state index in [-0.39, 0.29) is 39.5 Å². The van der Waals surface area contributed by atoms with Gasteiger partial charge in [-0.1, -0.05) is 43.1 Å². The summed E-state index contributed by atoms with van der Waals surface area (Å²) in [4.78, 5) is 11.9. The molecule has 0 amide bonds. The predicted octanol–water partition coefficient (Wildman–Crippen LogP) is 6.78. The number of nitrogens with two attached hydrogens (primary N) is 1. The molecule has 0 aliphatic rings. The van der Waals surface area contributed by atoms with Crippen LogP contribution in [0, 0.1) is 5.82 Å². The first-order valence-corrected chi connectivity index (χ1v) is 11.3. The molecule has 0 spiro atoms. The Kier molecular flexibility index (Phi) is 6.79. The van der Waals surface area contributed by atoms with E-state index in [0.29, 0.717) is 23.3 Å². The Morgan fingerprint density at radius 1 is 1.20 bits per heavy atom. The topological polar surface area (TPSA) is 78.3 Å². The van der Waals surface area contributed by atoms with E-state index in [9.17, 15) is 13.2 Å². The van der Waals surface area contributed by atoms with Crippen LogP contribution in [0.1, 0.15) is 43.3 Å². The quantitative estimate of drug-likeness (QED) is 0.279. The lowest BCUT2D eigenvalue weighted by Gasteiger charge is -2.21. The fourth-order valence-corrected chi connectivity index (χ4v) is 4.25. The maximum Gasteiger partial charge on any atom is 0.433 e. The van der Waals surface area contributed by atoms with Gasteiger partial charge in [0.05, 0.1) is 17.2 Å². The van der Waals surface area contributed by atoms with Crippen molar-refractivity contribution >= 4 is 34.5 Å². The van der Waals surface area contributed by atoms with Crippen LogP contribution < -0.4 is 10.5 Å². The average molecular weight is 528 g/mol. The molecule has 4 rings (SSSR count). The molecule has 2 N–H and O–H groups in total. The van der Waals surface area contributed by atoms with Gasteiger partial charge in [-0.2, -0.15) is 13.2 Å². The highest BCUT2D eigenvalue weighted by Gasteiger charge is 2.33. The highest BCUT2D eigenvalue weighted by atomic mass is 35.5. The van der Waals surface area contributed by atoms with Crippen molar-refractivity contribution in [1.29, 1.82) is 0 Å². The summed E-state index contributed by atoms with van der Waals surface area (Å²) < 4.78 is 62.0. The summed E-state index contributed by atoms with van der Waals surface area (Å²) in [6, 6.07) is 3.32. The number of imidazole rings is 1. The molecular weight excluding hydrogens is 509 g/mol. The van der Waals surface area contributed by atoms with Crippen LogP contribution in [0.15, 0.2) is 36.8 Å². The molecule has 4 aromatic rings. The third kappa shape index (κ3) is 4.60. The number of ether oxygens (including phenoxy) is 1. The van der Waals surface area contributed by atoms with E-state index >= 15 is 4.39 Å². The smallest absolute Gasteiger partial charge is 0.433 e. The van der Waals surface area contributed by atoms with Gasteiger partial charge in [0.2, 0.25) is 0 Å². The van der Waals surface area contributed by atoms with Crippen molar-refractivity contribution in [3.05, 3.63) is 69.9 Å². The molecule has 6 nitrogen and oxygen atoms in total. The number of alkyl halides is 3. The molecule has 3 aromatic heterocycles. The van der Waals surface area contributed by atoms with E-state index in [0.717, 1.165) is 18.3 Å². The average Bonchev–Trinajstić information content (AvgIpc) is 3.16. The molecule has 3 heterocycles. The van der Waals surface area contributed by atoms with Crippen molar-refractivity contribution in [1.82, 2.24) is 19.4 Å². The van der Waals surface area contributed by atoms with Crippen LogP contribution in [0.2, 0.25) is 10.2 Å². The molecule has 0 aliphatic heterocycles. The monoisotopic (exact) mass is 527 g/mol. The number of rotatable bonds is 6. The number of hydrogen-bond donors (Lipinski definition) is 1. The normalized spacial score (nSPS) is 12.8. The van der Waals surface area contributed by atoms with Crippen molar-refractivity contribution in [2.45, 2.75) is 32.4 Å². The van der Waals surface area contributed by atoms with Crippen LogP contribution >= 0.6 is 23.2 Å². The summed E-state index contributed by atoms with van der Waals surface area (Å²) >= 11 is 12.5. The summed E-state index contributed by atoms with van der Waals surface area (Å²) in [6.45, 7) is 3.88. The number of nitrogens with zero attached hydrogens (tertiary/aromatic N) is 4. The molecule has 1 atom stereocenters. The van der Waals surface area contributed by atoms with Gasteiger partial charge in [-0.3, -0.25) is 9.38 Å². The number of nitrogen functional groups attached to an aromatic ring is 1. The molecular formula is C23H19Cl2F4N5O. The van der Waals surface area contributed by atoms with Crippen molar-refractivity contribution in [2.75, 3.05) is 12.3 Å². The lowest BCUT2D eigenvalue weighted by Crippen LogP contribution is -2.10. The van der Waals surface area contributed by atoms with Crippen molar-refractivity contribution in [2.24, 2.45) is 0 Å². The van der Waals surface area contributed by atoms with E-state index in [1.807, 2.05) is 6.92 Å². The summed E-state index contributed by atoms with van der Waals surface area (Å²) in [5.41, 5.74) is 5.71. The van der Waals surface area contributed by atoms with Gasteiger partial charge < -0.3 is 10.5 Å². The molecule has 12 heteroatoms. The van der Waals surface area contributed by atoms with Crippen LogP contribution in [0.3, 0.4) is 0 Å². The van der Waals surface area contributed by atoms with Crippen LogP contribution in [-0.4, -0.2) is 26.0 Å². The predicted molar refractivity (Wildman–Crippen MR) is 125 cm³/mol. The highest BCUT2D eigenvalue weighted by Crippen LogP contribution is 2.44. The highest BCUT2D eigenvalue weighted by molar-refractivity contribution is 6.33. The SMILES string of the molecule is CCCOc1c([C@H](C)c2nc(Cl)c3c(N)nccn23)cc(Cl)c(F)c1-c1ccc(C(F)(F)F)nc1. The molecule has 0 saturated carbocycles. The molecule has 0 bridgehead atoms. The number of aromatic nitrogens is 4. The maximum atomic E-state index is 15.3. The number of halogens is 6. The number of fused-ring (bicyclic) bond motifs is 1. The lowest BCUT2D eigenvalue weighted by atomic mass is 9.93. The van der Waals surface area contributed by atoms with Crippen molar-refractivity contribution in [3.8, 4) is 16.9 Å². The van der Waals surface area contributed by atoms with Crippen LogP contribution in [0.5, 0.6) is 5.75 Å². The van der Waals surface area contributed by atoms with Gasteiger partial charge in [0.1, 0.15) is 22.8 Å². The summed E-state index contributed by atoms with van der Waals surface area (Å²) in [7, 11) is 0. The first-order valence-electron chi connectivity index (χ1n) is 10.5. The van der Waals surface area contributed by atoms with E-state index in [1.54, 1.807) is 17.5 Å². The van der Waals surface area contributed by atoms with Gasteiger partial charge in [-0.25, -0.2) is 14.4 Å². The number of benzene rings is 1. The summed E-state index contributed by atoms with van der Waals surface area (Å²) in [6.07, 6.45) is 0.0310. The van der Waals surface area contributed by atoms with Gasteiger partial charge in [0.15, 0.2) is 16.8 Å². The zero-order valence-electron chi connectivity index (χ0n) is 18.5. The number of hydrogen-bond acceptors (Lipinski definition) is 5. The van der Waals surface area contributed by atoms with E-state index in [4.69, 9.17) is 33.7 Å². The largest absolute Gasteiger partial charge is 0.493 e. The first-order chi connectivity index (χ1) is 16.5. The Morgan fingerprint density at radius 3 is 2.57 bits per heavy atom. The fourth-order valence-electron chi connectivity index (χ4n) is 3.76. The summed E-state index contributed by atoms with van der Waals surface area (Å²) in [5, 5.41) is -0.104. The molecule has 0 saturated heterocycles. The second-order valence-corrected chi connectivity index (χ2v) is 8.52. The standard InChI is InChI=1S/C23H19Cl2F4N5O/c1-3-8-35-19-13(11(2)22-33-20(25)18-21(30)31-6-7-34(18)22)9-14(24)17(26)16(19)12-4-5-15(32-10-12)23(27,28)29/h4-7,9-11H,3,8H2,1-2H3,(H2,30,31)/t11-/m0/s1. The van der Waals surface area contributed by atoms with Gasteiger partial charge in [-0.15, -0.1) is 0 Å². The van der Waals surface area contributed by atoms with E-state index in [2.05, 4.69) is 15.0 Å². The van der Waals surface area contributed by atoms with Crippen LogP contribution in [0.4, 0.5) is 23.4 Å². The van der Waals surface area contributed by atoms with E-state index < -0.39 is 23.6 Å². The molecule has 1 aromatic carbocycles. The molecule has 0 unspecified atom stereocenters. The number of pyridine rings is 1. The van der Waals surface area contributed by atoms with E-state index in [1.165, 1.54) is 12.3 Å². The zero-order valence-corrected chi connectivity index (χ0v) is 20.0. The zero-order chi connectivity index (χ0) is 25.5. The van der Waals surface area contributed by atoms with Gasteiger partial charge in [0, 0.05) is 35.6 Å². The van der Waals surface area contributed by atoms with Gasteiger partial charge in [-0.05, 0) is 18.6 Å². The first kappa shape index (κ1) is 25.0. The minimum atomic E-state index is -4.63. The minimum absolute atomic E-state index is 0.0806. The molecule has 0 fully saturated rings. The Morgan fingerprint density at radius 2 is 1.94 bits per heavy atom. The summed E-state index contributed by atoms with van der Waals surface area (Å²) in [5.74, 6) is -0.616. The molecule has 35 heavy (non-hydrogen) atoms. The van der Waals surface area contributed by atoms with Crippen LogP contribution in [0.25, 0.3) is 16.6 Å². The molecule has 184 valence electrons. The minimum Gasteiger partial charge on any atom is -0.493 e. The number of anilines is 1. The van der Waals surface area contributed by atoms with Crippen molar-refractivity contribution in [3.63, 3.8) is 0 Å². The van der Waals surface area contributed by atoms with Gasteiger partial charge >= 0.3 is 6.18 Å². The fraction of sp³-hybridized carbons (Fsp3) is 0.261. The van der Waals surface area contributed by atoms with Crippen molar-refractivity contribution < 1.29 is 22.3 Å². The second-order valence-electron chi connectivity index (χ2n) is 7.76. The maximum absolute atomic E-state index is 15.3. The van der Waals surface area contributed by atoms with Crippen LogP contribution in [-0.2, 0) is 6.18 Å².